The van der Waals surface area contributed by atoms with Gasteiger partial charge in [0.1, 0.15) is 5.82 Å². The van der Waals surface area contributed by atoms with Crippen LogP contribution < -0.4 is 0 Å². The minimum Gasteiger partial charge on any atom is -0.478 e. The van der Waals surface area contributed by atoms with Crippen LogP contribution in [-0.4, -0.2) is 54.1 Å². The summed E-state index contributed by atoms with van der Waals surface area (Å²) >= 11 is 0. The highest BCUT2D eigenvalue weighted by molar-refractivity contribution is 5.89. The number of hydrogen-bond donors (Lipinski definition) is 1. The molecule has 1 aromatic rings. The van der Waals surface area contributed by atoms with Gasteiger partial charge in [0.2, 0.25) is 0 Å². The van der Waals surface area contributed by atoms with Crippen LogP contribution in [0.15, 0.2) is 18.2 Å². The Balaban J connectivity index is 2.16. The van der Waals surface area contributed by atoms with E-state index in [9.17, 15) is 14.3 Å². The lowest BCUT2D eigenvalue weighted by Gasteiger charge is -2.27. The maximum Gasteiger partial charge on any atom is 0.336 e. The summed E-state index contributed by atoms with van der Waals surface area (Å²) in [5.74, 6) is -1.38. The summed E-state index contributed by atoms with van der Waals surface area (Å²) in [4.78, 5) is 15.6. The van der Waals surface area contributed by atoms with E-state index in [0.29, 0.717) is 18.2 Å². The Kier molecular flexibility index (Phi) is 4.73. The van der Waals surface area contributed by atoms with Crippen LogP contribution >= 0.6 is 0 Å². The van der Waals surface area contributed by atoms with Crippen molar-refractivity contribution in [1.82, 2.24) is 9.80 Å². The van der Waals surface area contributed by atoms with E-state index in [4.69, 9.17) is 0 Å². The van der Waals surface area contributed by atoms with Gasteiger partial charge in [-0.1, -0.05) is 0 Å². The van der Waals surface area contributed by atoms with Gasteiger partial charge < -0.3 is 10.0 Å². The van der Waals surface area contributed by atoms with Gasteiger partial charge in [-0.25, -0.2) is 9.18 Å². The molecule has 1 aromatic carbocycles. The monoisotopic (exact) mass is 280 g/mol. The molecule has 4 nitrogen and oxygen atoms in total. The third kappa shape index (κ3) is 3.55. The van der Waals surface area contributed by atoms with E-state index >= 15 is 0 Å². The smallest absolute Gasteiger partial charge is 0.336 e. The molecule has 1 saturated heterocycles. The van der Waals surface area contributed by atoms with Gasteiger partial charge in [-0.05, 0) is 57.2 Å². The molecule has 110 valence electrons. The van der Waals surface area contributed by atoms with Gasteiger partial charge in [0, 0.05) is 19.1 Å². The molecule has 2 rings (SSSR count). The van der Waals surface area contributed by atoms with Gasteiger partial charge in [0.05, 0.1) is 5.56 Å². The normalized spacial score (nSPS) is 19.7. The van der Waals surface area contributed by atoms with Crippen molar-refractivity contribution in [3.8, 4) is 0 Å². The average molecular weight is 280 g/mol. The molecule has 1 fully saturated rings. The van der Waals surface area contributed by atoms with Crippen LogP contribution in [-0.2, 0) is 6.54 Å². The Bertz CT molecular complexity index is 491. The summed E-state index contributed by atoms with van der Waals surface area (Å²) in [6.45, 7) is 2.38. The van der Waals surface area contributed by atoms with Gasteiger partial charge in [0.15, 0.2) is 0 Å². The van der Waals surface area contributed by atoms with Gasteiger partial charge in [0.25, 0.3) is 0 Å². The third-order valence-electron chi connectivity index (χ3n) is 3.75. The number of likely N-dealkylation sites (tertiary alicyclic amines) is 1. The van der Waals surface area contributed by atoms with E-state index in [1.165, 1.54) is 18.2 Å². The highest BCUT2D eigenvalue weighted by Crippen LogP contribution is 2.22. The van der Waals surface area contributed by atoms with Crippen LogP contribution in [0, 0.1) is 5.82 Å². The number of nitrogens with zero attached hydrogens (tertiary/aromatic N) is 2. The van der Waals surface area contributed by atoms with Crippen molar-refractivity contribution in [3.63, 3.8) is 0 Å². The second-order valence-electron chi connectivity index (χ2n) is 5.64. The Morgan fingerprint density at radius 2 is 2.25 bits per heavy atom. The zero-order valence-corrected chi connectivity index (χ0v) is 12.0. The zero-order valence-electron chi connectivity index (χ0n) is 12.0. The third-order valence-corrected chi connectivity index (χ3v) is 3.75. The number of carboxylic acids is 1. The van der Waals surface area contributed by atoms with Crippen LogP contribution in [0.25, 0.3) is 0 Å². The van der Waals surface area contributed by atoms with Gasteiger partial charge in [-0.3, -0.25) is 4.90 Å². The van der Waals surface area contributed by atoms with Crippen molar-refractivity contribution in [1.29, 1.82) is 0 Å². The largest absolute Gasteiger partial charge is 0.478 e. The summed E-state index contributed by atoms with van der Waals surface area (Å²) in [7, 11) is 4.06. The number of benzene rings is 1. The second kappa shape index (κ2) is 6.33. The number of carbonyl (C=O) groups is 1. The lowest BCUT2D eigenvalue weighted by Crippen LogP contribution is -2.37. The molecule has 0 bridgehead atoms. The van der Waals surface area contributed by atoms with Crippen LogP contribution in [0.4, 0.5) is 4.39 Å². The first-order chi connectivity index (χ1) is 9.47. The first-order valence-electron chi connectivity index (χ1n) is 6.88. The maximum absolute atomic E-state index is 13.4. The molecule has 0 aliphatic carbocycles. The van der Waals surface area contributed by atoms with Crippen molar-refractivity contribution in [2.24, 2.45) is 0 Å². The minimum atomic E-state index is -0.997. The molecule has 0 spiro atoms. The van der Waals surface area contributed by atoms with E-state index < -0.39 is 5.97 Å². The van der Waals surface area contributed by atoms with E-state index in [1.807, 2.05) is 14.1 Å². The molecule has 1 aliphatic rings. The van der Waals surface area contributed by atoms with E-state index in [1.54, 1.807) is 0 Å². The summed E-state index contributed by atoms with van der Waals surface area (Å²) in [6.07, 6.45) is 2.21. The highest BCUT2D eigenvalue weighted by Gasteiger charge is 2.26. The van der Waals surface area contributed by atoms with Crippen LogP contribution in [0.1, 0.15) is 28.8 Å². The maximum atomic E-state index is 13.4. The van der Waals surface area contributed by atoms with Gasteiger partial charge >= 0.3 is 5.97 Å². The molecule has 5 heteroatoms. The molecular formula is C15H21FN2O2. The molecule has 0 radical (unpaired) electrons. The molecule has 1 heterocycles. The van der Waals surface area contributed by atoms with Gasteiger partial charge in [-0.2, -0.15) is 0 Å². The number of halogens is 1. The van der Waals surface area contributed by atoms with Crippen molar-refractivity contribution >= 4 is 5.97 Å². The molecule has 0 aromatic heterocycles. The van der Waals surface area contributed by atoms with E-state index in [0.717, 1.165) is 25.9 Å². The topological polar surface area (TPSA) is 43.8 Å². The lowest BCUT2D eigenvalue weighted by atomic mass is 10.1. The highest BCUT2D eigenvalue weighted by atomic mass is 19.1. The van der Waals surface area contributed by atoms with E-state index in [-0.39, 0.29) is 11.4 Å². The first-order valence-corrected chi connectivity index (χ1v) is 6.88. The molecule has 20 heavy (non-hydrogen) atoms. The Morgan fingerprint density at radius 1 is 1.50 bits per heavy atom. The van der Waals surface area contributed by atoms with Gasteiger partial charge in [-0.15, -0.1) is 0 Å². The standard InChI is InChI=1S/C15H21FN2O2/c1-17(2)10-13-4-3-7-18(13)9-11-8-12(16)5-6-14(11)15(19)20/h5-6,8,13H,3-4,7,9-10H2,1-2H3,(H,19,20). The Hall–Kier alpha value is -1.46. The summed E-state index contributed by atoms with van der Waals surface area (Å²) in [6, 6.07) is 4.31. The average Bonchev–Trinajstić information content (AvgIpc) is 2.75. The number of aromatic carboxylic acids is 1. The minimum absolute atomic E-state index is 0.196. The molecule has 1 N–H and O–H groups in total. The van der Waals surface area contributed by atoms with Crippen molar-refractivity contribution < 1.29 is 14.3 Å². The van der Waals surface area contributed by atoms with Crippen LogP contribution in [0.5, 0.6) is 0 Å². The van der Waals surface area contributed by atoms with Crippen molar-refractivity contribution in [2.75, 3.05) is 27.2 Å². The second-order valence-corrected chi connectivity index (χ2v) is 5.64. The zero-order chi connectivity index (χ0) is 14.7. The number of rotatable bonds is 5. The van der Waals surface area contributed by atoms with Crippen molar-refractivity contribution in [3.05, 3.63) is 35.1 Å². The van der Waals surface area contributed by atoms with Crippen LogP contribution in [0.3, 0.4) is 0 Å². The molecule has 1 atom stereocenters. The lowest BCUT2D eigenvalue weighted by molar-refractivity contribution is 0.0694. The number of carboxylic acid groups (broad SMARTS) is 1. The number of hydrogen-bond acceptors (Lipinski definition) is 3. The Labute approximate surface area is 118 Å². The predicted molar refractivity (Wildman–Crippen MR) is 75.3 cm³/mol. The summed E-state index contributed by atoms with van der Waals surface area (Å²) < 4.78 is 13.4. The first kappa shape index (κ1) is 14.9. The number of likely N-dealkylation sites (N-methyl/N-ethyl adjacent to an activating group) is 1. The fourth-order valence-electron chi connectivity index (χ4n) is 2.85. The molecule has 0 saturated carbocycles. The fourth-order valence-corrected chi connectivity index (χ4v) is 2.85. The summed E-state index contributed by atoms with van der Waals surface area (Å²) in [5, 5.41) is 9.19. The molecule has 1 unspecified atom stereocenters. The van der Waals surface area contributed by atoms with Crippen molar-refractivity contribution in [2.45, 2.75) is 25.4 Å². The quantitative estimate of drug-likeness (QED) is 0.896. The van der Waals surface area contributed by atoms with Crippen LogP contribution in [0.2, 0.25) is 0 Å². The van der Waals surface area contributed by atoms with E-state index in [2.05, 4.69) is 9.80 Å². The molecular weight excluding hydrogens is 259 g/mol. The Morgan fingerprint density at radius 3 is 2.90 bits per heavy atom. The molecule has 1 aliphatic heterocycles. The predicted octanol–water partition coefficient (Wildman–Crippen LogP) is 2.05. The molecule has 0 amide bonds. The summed E-state index contributed by atoms with van der Waals surface area (Å²) in [5.41, 5.74) is 0.755. The fraction of sp³-hybridized carbons (Fsp3) is 0.533. The SMILES string of the molecule is CN(C)CC1CCCN1Cc1cc(F)ccc1C(=O)O.